The third-order valence-corrected chi connectivity index (χ3v) is 5.02. The van der Waals surface area contributed by atoms with Crippen molar-refractivity contribution < 1.29 is 27.4 Å². The van der Waals surface area contributed by atoms with E-state index in [-0.39, 0.29) is 34.2 Å². The highest BCUT2D eigenvalue weighted by Crippen LogP contribution is 2.38. The van der Waals surface area contributed by atoms with Crippen molar-refractivity contribution in [3.8, 4) is 5.88 Å². The van der Waals surface area contributed by atoms with Gasteiger partial charge in [0.2, 0.25) is 0 Å². The van der Waals surface area contributed by atoms with Crippen LogP contribution in [0.2, 0.25) is 0 Å². The smallest absolute Gasteiger partial charge is 0.418 e. The molecule has 0 spiro atoms. The van der Waals surface area contributed by atoms with E-state index < -0.39 is 17.6 Å². The molecule has 1 fully saturated rings. The summed E-state index contributed by atoms with van der Waals surface area (Å²) in [4.78, 5) is 6.66. The van der Waals surface area contributed by atoms with Gasteiger partial charge in [-0.2, -0.15) is 13.2 Å². The van der Waals surface area contributed by atoms with Gasteiger partial charge in [0.05, 0.1) is 22.3 Å². The standard InChI is InChI=1S/C21H19F4N3O2/c22-16-2-1-3-18-19(16)14(20(29)28-18)11-26-13-4-5-17(15(10-13)21(23,24)25)27-12-6-8-30-9-7-12/h1-5,10-12,27-29H,6-9H2. The molecule has 0 saturated carbocycles. The first-order valence-corrected chi connectivity index (χ1v) is 9.41. The van der Waals surface area contributed by atoms with E-state index in [1.54, 1.807) is 6.07 Å². The van der Waals surface area contributed by atoms with Gasteiger partial charge in [-0.1, -0.05) is 6.07 Å². The van der Waals surface area contributed by atoms with Crippen LogP contribution in [0.1, 0.15) is 24.0 Å². The van der Waals surface area contributed by atoms with Gasteiger partial charge in [-0.15, -0.1) is 0 Å². The number of ether oxygens (including phenoxy) is 1. The quantitative estimate of drug-likeness (QED) is 0.392. The summed E-state index contributed by atoms with van der Waals surface area (Å²) >= 11 is 0. The largest absolute Gasteiger partial charge is 0.494 e. The van der Waals surface area contributed by atoms with E-state index in [9.17, 15) is 22.7 Å². The summed E-state index contributed by atoms with van der Waals surface area (Å²) in [6.45, 7) is 1.01. The first-order valence-electron chi connectivity index (χ1n) is 9.41. The summed E-state index contributed by atoms with van der Waals surface area (Å²) in [5, 5.41) is 13.1. The van der Waals surface area contributed by atoms with E-state index >= 15 is 0 Å². The van der Waals surface area contributed by atoms with Crippen LogP contribution in [-0.4, -0.2) is 35.6 Å². The molecule has 0 aliphatic carbocycles. The molecule has 0 radical (unpaired) electrons. The van der Waals surface area contributed by atoms with Gasteiger partial charge in [-0.25, -0.2) is 4.39 Å². The van der Waals surface area contributed by atoms with E-state index in [1.165, 1.54) is 24.3 Å². The Hall–Kier alpha value is -3.07. The highest BCUT2D eigenvalue weighted by atomic mass is 19.4. The van der Waals surface area contributed by atoms with Crippen molar-refractivity contribution in [1.82, 2.24) is 4.98 Å². The van der Waals surface area contributed by atoms with Gasteiger partial charge in [0.25, 0.3) is 0 Å². The van der Waals surface area contributed by atoms with E-state index in [0.717, 1.165) is 12.3 Å². The van der Waals surface area contributed by atoms with Crippen molar-refractivity contribution in [3.63, 3.8) is 0 Å². The number of aromatic amines is 1. The zero-order valence-electron chi connectivity index (χ0n) is 15.8. The molecule has 1 aromatic heterocycles. The number of nitrogens with zero attached hydrogens (tertiary/aromatic N) is 1. The summed E-state index contributed by atoms with van der Waals surface area (Å²) in [7, 11) is 0. The minimum absolute atomic E-state index is 0.0191. The zero-order valence-corrected chi connectivity index (χ0v) is 15.8. The topological polar surface area (TPSA) is 69.6 Å². The number of benzene rings is 2. The molecule has 1 saturated heterocycles. The molecule has 9 heteroatoms. The molecule has 3 N–H and O–H groups in total. The second-order valence-electron chi connectivity index (χ2n) is 7.07. The number of fused-ring (bicyclic) bond motifs is 1. The van der Waals surface area contributed by atoms with Crippen molar-refractivity contribution in [2.75, 3.05) is 18.5 Å². The van der Waals surface area contributed by atoms with E-state index in [1.807, 2.05) is 0 Å². The number of anilines is 1. The van der Waals surface area contributed by atoms with Crippen LogP contribution >= 0.6 is 0 Å². The fraction of sp³-hybridized carbons (Fsp3) is 0.286. The Morgan fingerprint density at radius 3 is 2.67 bits per heavy atom. The second kappa shape index (κ2) is 7.98. The molecular formula is C21H19F4N3O2. The minimum Gasteiger partial charge on any atom is -0.494 e. The van der Waals surface area contributed by atoms with Crippen molar-refractivity contribution in [2.24, 2.45) is 4.99 Å². The molecule has 0 unspecified atom stereocenters. The number of H-pyrrole nitrogens is 1. The predicted octanol–water partition coefficient (Wildman–Crippen LogP) is 5.37. The van der Waals surface area contributed by atoms with Crippen LogP contribution in [0.5, 0.6) is 5.88 Å². The van der Waals surface area contributed by atoms with Gasteiger partial charge in [0.15, 0.2) is 5.88 Å². The van der Waals surface area contributed by atoms with Gasteiger partial charge in [-0.3, -0.25) is 4.99 Å². The molecule has 1 aliphatic heterocycles. The van der Waals surface area contributed by atoms with Crippen molar-refractivity contribution >= 4 is 28.5 Å². The lowest BCUT2D eigenvalue weighted by Crippen LogP contribution is -2.28. The van der Waals surface area contributed by atoms with E-state index in [2.05, 4.69) is 15.3 Å². The maximum Gasteiger partial charge on any atom is 0.418 e. The number of hydrogen-bond acceptors (Lipinski definition) is 4. The highest BCUT2D eigenvalue weighted by Gasteiger charge is 2.34. The number of hydrogen-bond donors (Lipinski definition) is 3. The van der Waals surface area contributed by atoms with E-state index in [4.69, 9.17) is 4.74 Å². The van der Waals surface area contributed by atoms with Crippen molar-refractivity contribution in [1.29, 1.82) is 0 Å². The van der Waals surface area contributed by atoms with Crippen LogP contribution in [0.3, 0.4) is 0 Å². The summed E-state index contributed by atoms with van der Waals surface area (Å²) in [5.74, 6) is -0.884. The predicted molar refractivity (Wildman–Crippen MR) is 106 cm³/mol. The summed E-state index contributed by atoms with van der Waals surface area (Å²) in [5.41, 5.74) is -0.390. The lowest BCUT2D eigenvalue weighted by molar-refractivity contribution is -0.136. The normalized spacial score (nSPS) is 15.9. The number of aliphatic imine (C=N–C) groups is 1. The number of aromatic hydroxyl groups is 1. The average molecular weight is 421 g/mol. The monoisotopic (exact) mass is 421 g/mol. The van der Waals surface area contributed by atoms with Crippen LogP contribution in [0, 0.1) is 5.82 Å². The summed E-state index contributed by atoms with van der Waals surface area (Å²) in [6, 6.07) is 7.89. The molecule has 158 valence electrons. The molecule has 0 amide bonds. The number of nitrogens with one attached hydrogen (secondary N) is 2. The second-order valence-corrected chi connectivity index (χ2v) is 7.07. The lowest BCUT2D eigenvalue weighted by Gasteiger charge is -2.26. The Labute approximate surface area is 169 Å². The molecule has 1 aliphatic rings. The first kappa shape index (κ1) is 20.2. The number of aromatic nitrogens is 1. The van der Waals surface area contributed by atoms with Crippen molar-refractivity contribution in [3.05, 3.63) is 53.3 Å². The molecular weight excluding hydrogens is 402 g/mol. The summed E-state index contributed by atoms with van der Waals surface area (Å²) < 4.78 is 60.2. The third-order valence-electron chi connectivity index (χ3n) is 5.02. The van der Waals surface area contributed by atoms with Crippen LogP contribution in [0.25, 0.3) is 10.9 Å². The van der Waals surface area contributed by atoms with Crippen molar-refractivity contribution in [2.45, 2.75) is 25.1 Å². The Kier molecular flexibility index (Phi) is 5.38. The highest BCUT2D eigenvalue weighted by molar-refractivity contribution is 6.02. The zero-order chi connectivity index (χ0) is 21.3. The Balaban J connectivity index is 1.66. The summed E-state index contributed by atoms with van der Waals surface area (Å²) in [6.07, 6.45) is -2.17. The van der Waals surface area contributed by atoms with Gasteiger partial charge >= 0.3 is 6.18 Å². The Morgan fingerprint density at radius 1 is 1.17 bits per heavy atom. The molecule has 3 aromatic rings. The van der Waals surface area contributed by atoms with Gasteiger partial charge in [-0.05, 0) is 43.2 Å². The molecule has 5 nitrogen and oxygen atoms in total. The maximum absolute atomic E-state index is 14.1. The van der Waals surface area contributed by atoms with E-state index in [0.29, 0.717) is 31.6 Å². The van der Waals surface area contributed by atoms with Gasteiger partial charge in [0, 0.05) is 36.5 Å². The number of halogens is 4. The first-order chi connectivity index (χ1) is 14.3. The Bertz CT molecular complexity index is 1090. The molecule has 30 heavy (non-hydrogen) atoms. The SMILES string of the molecule is Oc1[nH]c2cccc(F)c2c1C=Nc1ccc(NC2CCOCC2)c(C(F)(F)F)c1. The minimum atomic E-state index is -4.58. The van der Waals surface area contributed by atoms with Gasteiger partial charge in [0.1, 0.15) is 5.82 Å². The molecule has 4 rings (SSSR count). The molecule has 0 atom stereocenters. The van der Waals surface area contributed by atoms with Crippen LogP contribution < -0.4 is 5.32 Å². The fourth-order valence-electron chi connectivity index (χ4n) is 3.51. The number of rotatable bonds is 4. The van der Waals surface area contributed by atoms with Crippen LogP contribution in [0.15, 0.2) is 41.4 Å². The van der Waals surface area contributed by atoms with Crippen LogP contribution in [-0.2, 0) is 10.9 Å². The fourth-order valence-corrected chi connectivity index (χ4v) is 3.51. The lowest BCUT2D eigenvalue weighted by atomic mass is 10.1. The maximum atomic E-state index is 14.1. The Morgan fingerprint density at radius 2 is 1.93 bits per heavy atom. The molecule has 2 heterocycles. The van der Waals surface area contributed by atoms with Gasteiger partial charge < -0.3 is 20.1 Å². The molecule has 2 aromatic carbocycles. The number of alkyl halides is 3. The average Bonchev–Trinajstić information content (AvgIpc) is 3.03. The molecule has 0 bridgehead atoms. The third kappa shape index (κ3) is 4.11. The van der Waals surface area contributed by atoms with Crippen LogP contribution in [0.4, 0.5) is 28.9 Å².